The summed E-state index contributed by atoms with van der Waals surface area (Å²) in [7, 11) is 1.26. The van der Waals surface area contributed by atoms with Gasteiger partial charge in [-0.05, 0) is 27.7 Å². The van der Waals surface area contributed by atoms with Gasteiger partial charge in [0.15, 0.2) is 0 Å². The zero-order valence-electron chi connectivity index (χ0n) is 13.3. The van der Waals surface area contributed by atoms with Crippen molar-refractivity contribution in [1.29, 1.82) is 0 Å². The molecule has 1 aliphatic heterocycles. The Balaban J connectivity index is 3.12. The number of amides is 1. The number of hydrogen-bond donors (Lipinski definition) is 1. The van der Waals surface area contributed by atoms with E-state index in [0.29, 0.717) is 0 Å². The van der Waals surface area contributed by atoms with Crippen LogP contribution in [0, 0.1) is 5.41 Å². The lowest BCUT2D eigenvalue weighted by molar-refractivity contribution is -0.150. The maximum Gasteiger partial charge on any atom is 0.411 e. The standard InChI is InChI=1S/C14H25NO5/c1-12(2,3)20-11(17)15-8-14(6,18)13(4,5)9(15)10(16)19-7/h9,18H,8H2,1-7H3/t9-,14-/m1/s1. The quantitative estimate of drug-likeness (QED) is 0.741. The van der Waals surface area contributed by atoms with Crippen molar-refractivity contribution < 1.29 is 24.2 Å². The highest BCUT2D eigenvalue weighted by molar-refractivity contribution is 5.83. The van der Waals surface area contributed by atoms with Crippen molar-refractivity contribution in [2.24, 2.45) is 5.41 Å². The van der Waals surface area contributed by atoms with Crippen LogP contribution in [0.1, 0.15) is 41.5 Å². The fourth-order valence-electron chi connectivity index (χ4n) is 2.33. The molecule has 1 saturated heterocycles. The lowest BCUT2D eigenvalue weighted by Crippen LogP contribution is -2.50. The van der Waals surface area contributed by atoms with Gasteiger partial charge in [-0.2, -0.15) is 0 Å². The summed E-state index contributed by atoms with van der Waals surface area (Å²) in [4.78, 5) is 25.5. The molecule has 2 atom stereocenters. The van der Waals surface area contributed by atoms with Crippen molar-refractivity contribution in [2.75, 3.05) is 13.7 Å². The molecular formula is C14H25NO5. The van der Waals surface area contributed by atoms with Crippen molar-refractivity contribution in [1.82, 2.24) is 4.90 Å². The number of aliphatic hydroxyl groups is 1. The van der Waals surface area contributed by atoms with E-state index in [9.17, 15) is 14.7 Å². The predicted octanol–water partition coefficient (Wildman–Crippen LogP) is 1.56. The van der Waals surface area contributed by atoms with Crippen molar-refractivity contribution in [3.05, 3.63) is 0 Å². The predicted molar refractivity (Wildman–Crippen MR) is 73.1 cm³/mol. The minimum absolute atomic E-state index is 0.0225. The number of rotatable bonds is 1. The van der Waals surface area contributed by atoms with Gasteiger partial charge < -0.3 is 14.6 Å². The van der Waals surface area contributed by atoms with Crippen LogP contribution in [-0.2, 0) is 14.3 Å². The van der Waals surface area contributed by atoms with E-state index in [2.05, 4.69) is 0 Å². The van der Waals surface area contributed by atoms with E-state index in [1.165, 1.54) is 12.0 Å². The summed E-state index contributed by atoms with van der Waals surface area (Å²) in [6.07, 6.45) is -0.626. The molecule has 0 saturated carbocycles. The van der Waals surface area contributed by atoms with Gasteiger partial charge >= 0.3 is 12.1 Å². The second-order valence-electron chi connectivity index (χ2n) is 7.03. The van der Waals surface area contributed by atoms with Crippen LogP contribution in [-0.4, -0.2) is 53.0 Å². The highest BCUT2D eigenvalue weighted by Crippen LogP contribution is 2.44. The minimum atomic E-state index is -1.21. The molecule has 0 aromatic carbocycles. The second kappa shape index (κ2) is 4.91. The van der Waals surface area contributed by atoms with E-state index < -0.39 is 34.7 Å². The van der Waals surface area contributed by atoms with Crippen LogP contribution < -0.4 is 0 Å². The third-order valence-electron chi connectivity index (χ3n) is 3.91. The Morgan fingerprint density at radius 2 is 1.75 bits per heavy atom. The Kier molecular flexibility index (Phi) is 4.11. The normalized spacial score (nSPS) is 29.2. The third kappa shape index (κ3) is 2.90. The van der Waals surface area contributed by atoms with E-state index in [1.807, 2.05) is 0 Å². The summed E-state index contributed by atoms with van der Waals surface area (Å²) in [6, 6.07) is -0.877. The van der Waals surface area contributed by atoms with Gasteiger partial charge in [0.2, 0.25) is 0 Å². The molecule has 116 valence electrons. The highest BCUT2D eigenvalue weighted by atomic mass is 16.6. The average molecular weight is 287 g/mol. The number of ether oxygens (including phenoxy) is 2. The monoisotopic (exact) mass is 287 g/mol. The number of hydrogen-bond acceptors (Lipinski definition) is 5. The third-order valence-corrected chi connectivity index (χ3v) is 3.91. The van der Waals surface area contributed by atoms with E-state index in [4.69, 9.17) is 9.47 Å². The molecule has 20 heavy (non-hydrogen) atoms. The number of carbonyl (C=O) groups is 2. The first-order valence-electron chi connectivity index (χ1n) is 6.63. The van der Waals surface area contributed by atoms with Crippen molar-refractivity contribution in [3.8, 4) is 0 Å². The van der Waals surface area contributed by atoms with Crippen LogP contribution in [0.3, 0.4) is 0 Å². The van der Waals surface area contributed by atoms with E-state index in [-0.39, 0.29) is 6.54 Å². The Labute approximate surface area is 120 Å². The number of nitrogens with zero attached hydrogens (tertiary/aromatic N) is 1. The molecule has 0 aromatic heterocycles. The van der Waals surface area contributed by atoms with Crippen molar-refractivity contribution >= 4 is 12.1 Å². The van der Waals surface area contributed by atoms with Gasteiger partial charge in [0.05, 0.1) is 19.3 Å². The number of methoxy groups -OCH3 is 1. The summed E-state index contributed by atoms with van der Waals surface area (Å²) in [5, 5.41) is 10.5. The topological polar surface area (TPSA) is 76.1 Å². The Bertz CT molecular complexity index is 408. The first-order valence-corrected chi connectivity index (χ1v) is 6.63. The van der Waals surface area contributed by atoms with Gasteiger partial charge in [0, 0.05) is 5.41 Å². The summed E-state index contributed by atoms with van der Waals surface area (Å²) < 4.78 is 10.1. The maximum absolute atomic E-state index is 12.3. The van der Waals surface area contributed by atoms with Crippen LogP contribution in [0.5, 0.6) is 0 Å². The van der Waals surface area contributed by atoms with Gasteiger partial charge in [0.25, 0.3) is 0 Å². The molecule has 0 aliphatic carbocycles. The molecule has 1 aliphatic rings. The van der Waals surface area contributed by atoms with Crippen LogP contribution in [0.2, 0.25) is 0 Å². The highest BCUT2D eigenvalue weighted by Gasteiger charge is 2.60. The van der Waals surface area contributed by atoms with Gasteiger partial charge in [-0.15, -0.1) is 0 Å². The van der Waals surface area contributed by atoms with E-state index in [0.717, 1.165) is 0 Å². The molecule has 6 heteroatoms. The zero-order chi connectivity index (χ0) is 15.9. The van der Waals surface area contributed by atoms with Crippen LogP contribution >= 0.6 is 0 Å². The van der Waals surface area contributed by atoms with Gasteiger partial charge in [-0.1, -0.05) is 13.8 Å². The summed E-state index contributed by atoms with van der Waals surface area (Å²) in [5.74, 6) is -0.557. The largest absolute Gasteiger partial charge is 0.467 e. The van der Waals surface area contributed by atoms with Gasteiger partial charge in [-0.3, -0.25) is 4.90 Å². The molecule has 1 N–H and O–H groups in total. The Hall–Kier alpha value is -1.30. The molecule has 1 heterocycles. The van der Waals surface area contributed by atoms with Crippen LogP contribution in [0.25, 0.3) is 0 Å². The first kappa shape index (κ1) is 16.8. The Morgan fingerprint density at radius 1 is 1.25 bits per heavy atom. The molecule has 1 rings (SSSR count). The zero-order valence-corrected chi connectivity index (χ0v) is 13.3. The lowest BCUT2D eigenvalue weighted by atomic mass is 9.74. The Morgan fingerprint density at radius 3 is 2.15 bits per heavy atom. The summed E-state index contributed by atoms with van der Waals surface area (Å²) in [6.45, 7) is 10.3. The second-order valence-corrected chi connectivity index (χ2v) is 7.03. The lowest BCUT2D eigenvalue weighted by Gasteiger charge is -2.35. The maximum atomic E-state index is 12.3. The molecule has 1 amide bonds. The van der Waals surface area contributed by atoms with Gasteiger partial charge in [0.1, 0.15) is 11.6 Å². The molecule has 0 radical (unpaired) electrons. The molecule has 0 aromatic rings. The smallest absolute Gasteiger partial charge is 0.411 e. The van der Waals surface area contributed by atoms with Gasteiger partial charge in [-0.25, -0.2) is 9.59 Å². The summed E-state index contributed by atoms with van der Waals surface area (Å²) in [5.41, 5.74) is -2.71. The number of esters is 1. The van der Waals surface area contributed by atoms with Crippen LogP contribution in [0.15, 0.2) is 0 Å². The van der Waals surface area contributed by atoms with E-state index >= 15 is 0 Å². The molecule has 0 spiro atoms. The molecule has 1 fully saturated rings. The average Bonchev–Trinajstić information content (AvgIpc) is 2.42. The molecule has 0 bridgehead atoms. The molecule has 0 unspecified atom stereocenters. The SMILES string of the molecule is COC(=O)[C@H]1N(C(=O)OC(C)(C)C)C[C@@](C)(O)C1(C)C. The first-order chi connectivity index (χ1) is 8.83. The molecule has 6 nitrogen and oxygen atoms in total. The minimum Gasteiger partial charge on any atom is -0.467 e. The summed E-state index contributed by atoms with van der Waals surface area (Å²) >= 11 is 0. The fraction of sp³-hybridized carbons (Fsp3) is 0.857. The number of β-amino-alcohol motifs (C(OH)–C–C–N with tert-alkyl or cyclic N) is 1. The van der Waals surface area contributed by atoms with E-state index in [1.54, 1.807) is 41.5 Å². The van der Waals surface area contributed by atoms with Crippen molar-refractivity contribution in [2.45, 2.75) is 58.8 Å². The molecular weight excluding hydrogens is 262 g/mol. The number of carbonyl (C=O) groups excluding carboxylic acids is 2. The fourth-order valence-corrected chi connectivity index (χ4v) is 2.33. The van der Waals surface area contributed by atoms with Crippen LogP contribution in [0.4, 0.5) is 4.79 Å². The number of likely N-dealkylation sites (tertiary alicyclic amines) is 1. The van der Waals surface area contributed by atoms with Crippen molar-refractivity contribution in [3.63, 3.8) is 0 Å².